The van der Waals surface area contributed by atoms with Gasteiger partial charge in [0.2, 0.25) is 0 Å². The van der Waals surface area contributed by atoms with E-state index in [9.17, 15) is 18.2 Å². The Morgan fingerprint density at radius 1 is 1.04 bits per heavy atom. The van der Waals surface area contributed by atoms with Crippen molar-refractivity contribution in [2.75, 3.05) is 5.32 Å². The van der Waals surface area contributed by atoms with Crippen LogP contribution in [0.1, 0.15) is 45.5 Å². The van der Waals surface area contributed by atoms with E-state index in [2.05, 4.69) is 20.5 Å². The average Bonchev–Trinajstić information content (AvgIpc) is 3.34. The third-order valence-corrected chi connectivity index (χ3v) is 7.46. The summed E-state index contributed by atoms with van der Waals surface area (Å²) in [6, 6.07) is 4.91. The molecule has 8 heteroatoms. The molecule has 2 aromatic rings. The van der Waals surface area contributed by atoms with Crippen LogP contribution in [0.15, 0.2) is 33.5 Å². The van der Waals surface area contributed by atoms with Gasteiger partial charge in [0, 0.05) is 5.69 Å². The summed E-state index contributed by atoms with van der Waals surface area (Å²) in [4.78, 5) is 24.7. The van der Waals surface area contributed by atoms with Gasteiger partial charge in [-0.2, -0.15) is 0 Å². The highest BCUT2D eigenvalue weighted by Gasteiger charge is 2.32. The predicted octanol–water partition coefficient (Wildman–Crippen LogP) is 3.52. The van der Waals surface area contributed by atoms with Crippen LogP contribution in [0.3, 0.4) is 0 Å². The van der Waals surface area contributed by atoms with Crippen molar-refractivity contribution in [2.45, 2.75) is 43.4 Å². The number of urea groups is 1. The van der Waals surface area contributed by atoms with Gasteiger partial charge in [0.1, 0.15) is 5.82 Å². The molecule has 3 aliphatic rings. The van der Waals surface area contributed by atoms with E-state index in [-0.39, 0.29) is 10.5 Å². The molecule has 0 aromatic heterocycles. The van der Waals surface area contributed by atoms with Crippen LogP contribution in [-0.4, -0.2) is 16.1 Å². The zero-order valence-electron chi connectivity index (χ0n) is 15.0. The quantitative estimate of drug-likeness (QED) is 0.810. The maximum absolute atomic E-state index is 13.4. The first-order valence-electron chi connectivity index (χ1n) is 9.31. The maximum atomic E-state index is 13.4. The van der Waals surface area contributed by atoms with Gasteiger partial charge in [-0.3, -0.25) is 4.79 Å². The number of aryl methyl sites for hydroxylation is 2. The summed E-state index contributed by atoms with van der Waals surface area (Å²) in [5.41, 5.74) is 5.56. The minimum Gasteiger partial charge on any atom is -0.307 e. The smallest absolute Gasteiger partial charge is 0.307 e. The Balaban J connectivity index is 1.47. The molecule has 5 rings (SSSR count). The maximum Gasteiger partial charge on any atom is 0.331 e. The van der Waals surface area contributed by atoms with Gasteiger partial charge in [0.25, 0.3) is 5.91 Å². The number of nitrogens with one attached hydrogen (secondary N) is 2. The molecular weight excluding hydrogens is 381 g/mol. The van der Waals surface area contributed by atoms with E-state index in [1.807, 2.05) is 0 Å². The van der Waals surface area contributed by atoms with E-state index < -0.39 is 27.7 Å². The third-order valence-electron chi connectivity index (χ3n) is 5.62. The number of carbonyl (C=O) groups excluding carboxylic acids is 2. The van der Waals surface area contributed by atoms with E-state index in [4.69, 9.17) is 0 Å². The second-order valence-corrected chi connectivity index (χ2v) is 9.23. The van der Waals surface area contributed by atoms with Crippen molar-refractivity contribution in [1.29, 1.82) is 0 Å². The summed E-state index contributed by atoms with van der Waals surface area (Å²) < 4.78 is 32.5. The number of fused-ring (bicyclic) bond motifs is 3. The number of hydrogen-bond donors (Lipinski definition) is 2. The summed E-state index contributed by atoms with van der Waals surface area (Å²) >= 11 is 0. The highest BCUT2D eigenvalue weighted by atomic mass is 32.2. The van der Waals surface area contributed by atoms with Crippen molar-refractivity contribution in [1.82, 2.24) is 4.72 Å². The molecule has 144 valence electrons. The normalized spacial score (nSPS) is 21.7. The first kappa shape index (κ1) is 17.4. The van der Waals surface area contributed by atoms with Crippen LogP contribution in [-0.2, 0) is 35.6 Å². The summed E-state index contributed by atoms with van der Waals surface area (Å²) in [7, 11) is -3.48. The lowest BCUT2D eigenvalue weighted by Gasteiger charge is -2.17. The average molecular weight is 399 g/mol. The van der Waals surface area contributed by atoms with Gasteiger partial charge in [-0.25, -0.2) is 18.1 Å². The Hall–Kier alpha value is -2.74. The molecule has 0 spiro atoms. The van der Waals surface area contributed by atoms with Crippen molar-refractivity contribution >= 4 is 27.5 Å². The van der Waals surface area contributed by atoms with Crippen LogP contribution in [0, 0.1) is 5.82 Å². The van der Waals surface area contributed by atoms with Gasteiger partial charge < -0.3 is 5.32 Å². The number of benzene rings is 2. The van der Waals surface area contributed by atoms with Crippen LogP contribution >= 0.6 is 0 Å². The van der Waals surface area contributed by atoms with E-state index in [1.54, 1.807) is 0 Å². The monoisotopic (exact) mass is 399 g/mol. The highest BCUT2D eigenvalue weighted by molar-refractivity contribution is 7.93. The van der Waals surface area contributed by atoms with Crippen molar-refractivity contribution in [3.8, 4) is 0 Å². The number of carbonyl (C=O) groups is 2. The topological polar surface area (TPSA) is 87.6 Å². The Morgan fingerprint density at radius 2 is 1.71 bits per heavy atom. The van der Waals surface area contributed by atoms with Crippen molar-refractivity contribution in [3.05, 3.63) is 57.9 Å². The zero-order valence-corrected chi connectivity index (χ0v) is 15.8. The molecule has 1 heterocycles. The Kier molecular flexibility index (Phi) is 3.80. The van der Waals surface area contributed by atoms with Gasteiger partial charge in [0.05, 0.1) is 10.5 Å². The lowest BCUT2D eigenvalue weighted by atomic mass is 9.99. The molecule has 3 amide bonds. The van der Waals surface area contributed by atoms with E-state index in [0.29, 0.717) is 0 Å². The fraction of sp³-hybridized carbons (Fsp3) is 0.300. The molecule has 0 radical (unpaired) electrons. The summed E-state index contributed by atoms with van der Waals surface area (Å²) in [5, 5.41) is 2.88. The van der Waals surface area contributed by atoms with Gasteiger partial charge in [0.15, 0.2) is 9.92 Å². The zero-order chi connectivity index (χ0) is 19.5. The molecule has 0 fully saturated rings. The molecule has 2 aromatic carbocycles. The van der Waals surface area contributed by atoms with Gasteiger partial charge >= 0.3 is 6.03 Å². The molecule has 1 atom stereocenters. The second-order valence-electron chi connectivity index (χ2n) is 7.35. The molecule has 2 aliphatic carbocycles. The largest absolute Gasteiger partial charge is 0.331 e. The number of halogens is 1. The molecule has 6 nitrogen and oxygen atoms in total. The van der Waals surface area contributed by atoms with Crippen molar-refractivity contribution in [2.24, 2.45) is 4.36 Å². The first-order valence-corrected chi connectivity index (χ1v) is 10.8. The minimum absolute atomic E-state index is 0.0394. The molecule has 0 saturated carbocycles. The number of amides is 3. The Labute approximate surface area is 161 Å². The van der Waals surface area contributed by atoms with Crippen molar-refractivity contribution in [3.63, 3.8) is 0 Å². The number of anilines is 1. The Morgan fingerprint density at radius 3 is 2.39 bits per heavy atom. The number of nitrogens with zero attached hydrogens (tertiary/aromatic N) is 1. The van der Waals surface area contributed by atoms with E-state index in [0.717, 1.165) is 67.5 Å². The lowest BCUT2D eigenvalue weighted by Crippen LogP contribution is -2.34. The van der Waals surface area contributed by atoms with Crippen LogP contribution in [0.2, 0.25) is 0 Å². The molecule has 0 saturated heterocycles. The van der Waals surface area contributed by atoms with Gasteiger partial charge in [-0.05, 0) is 79.0 Å². The number of hydrogen-bond acceptors (Lipinski definition) is 3. The summed E-state index contributed by atoms with van der Waals surface area (Å²) in [6.45, 7) is 0. The molecule has 0 bridgehead atoms. The molecule has 28 heavy (non-hydrogen) atoms. The first-order chi connectivity index (χ1) is 13.4. The van der Waals surface area contributed by atoms with Crippen molar-refractivity contribution < 1.29 is 18.2 Å². The molecular formula is C20H18FN3O3S. The number of rotatable bonds is 2. The highest BCUT2D eigenvalue weighted by Crippen LogP contribution is 2.38. The molecule has 1 aliphatic heterocycles. The fourth-order valence-electron chi connectivity index (χ4n) is 4.44. The SMILES string of the molecule is O=C(Nc1c2c(cc3c1CCC3)CCC2)NS1(=O)=NC(=O)c2cc(F)ccc21. The fourth-order valence-corrected chi connectivity index (χ4v) is 6.02. The Bertz CT molecular complexity index is 1150. The summed E-state index contributed by atoms with van der Waals surface area (Å²) in [5.74, 6) is -1.41. The summed E-state index contributed by atoms with van der Waals surface area (Å²) in [6.07, 6.45) is 5.90. The minimum atomic E-state index is -3.48. The van der Waals surface area contributed by atoms with Gasteiger partial charge in [-0.15, -0.1) is 4.36 Å². The van der Waals surface area contributed by atoms with E-state index >= 15 is 0 Å². The lowest BCUT2D eigenvalue weighted by molar-refractivity contribution is 0.100. The second kappa shape index (κ2) is 6.13. The van der Waals surface area contributed by atoms with Crippen LogP contribution in [0.4, 0.5) is 14.9 Å². The molecule has 2 N–H and O–H groups in total. The molecule has 1 unspecified atom stereocenters. The van der Waals surface area contributed by atoms with Crippen LogP contribution in [0.5, 0.6) is 0 Å². The third kappa shape index (κ3) is 2.63. The standard InChI is InChI=1S/C20H18FN3O3S/c21-13-7-8-17-16(10-13)19(25)23-28(17,27)24-20(26)22-18-14-5-1-3-11(14)9-12-4-2-6-15(12)18/h7-10H,1-6H2,(H2,22,23,24,25,26,27). The van der Waals surface area contributed by atoms with Gasteiger partial charge in [-0.1, -0.05) is 6.07 Å². The van der Waals surface area contributed by atoms with E-state index in [1.165, 1.54) is 17.2 Å². The predicted molar refractivity (Wildman–Crippen MR) is 102 cm³/mol. The van der Waals surface area contributed by atoms with Crippen LogP contribution in [0.25, 0.3) is 0 Å². The van der Waals surface area contributed by atoms with Crippen LogP contribution < -0.4 is 10.0 Å².